The smallest absolute Gasteiger partial charge is 0.0471 e. The first-order valence-electron chi connectivity index (χ1n) is 7.17. The zero-order chi connectivity index (χ0) is 13.2. The van der Waals surface area contributed by atoms with Crippen LogP contribution in [-0.2, 0) is 6.54 Å². The summed E-state index contributed by atoms with van der Waals surface area (Å²) in [5.74, 6) is 0.457. The predicted molar refractivity (Wildman–Crippen MR) is 78.1 cm³/mol. The molecule has 0 saturated carbocycles. The van der Waals surface area contributed by atoms with Crippen LogP contribution in [0.4, 0.5) is 0 Å². The number of benzene rings is 1. The lowest BCUT2D eigenvalue weighted by molar-refractivity contribution is 0.115. The average molecular weight is 258 g/mol. The minimum absolute atomic E-state index is 0.322. The van der Waals surface area contributed by atoms with Crippen molar-refractivity contribution in [2.75, 3.05) is 19.7 Å². The van der Waals surface area contributed by atoms with Gasteiger partial charge in [-0.15, -0.1) is 0 Å². The summed E-state index contributed by atoms with van der Waals surface area (Å²) in [6.45, 7) is 5.65. The molecule has 102 valence electrons. The van der Waals surface area contributed by atoms with Gasteiger partial charge in [0.15, 0.2) is 0 Å². The second kappa shape index (κ2) is 5.35. The lowest BCUT2D eigenvalue weighted by Gasteiger charge is -2.31. The molecule has 0 amide bonds. The van der Waals surface area contributed by atoms with Crippen LogP contribution in [0.3, 0.4) is 0 Å². The van der Waals surface area contributed by atoms with Crippen molar-refractivity contribution in [2.45, 2.75) is 26.3 Å². The second-order valence-electron chi connectivity index (χ2n) is 5.70. The molecule has 3 rings (SSSR count). The highest BCUT2D eigenvalue weighted by Crippen LogP contribution is 2.24. The highest BCUT2D eigenvalue weighted by atomic mass is 16.3. The van der Waals surface area contributed by atoms with E-state index in [1.807, 2.05) is 0 Å². The number of piperidine rings is 1. The molecule has 2 N–H and O–H groups in total. The number of H-pyrrole nitrogens is 1. The third-order valence-corrected chi connectivity index (χ3v) is 4.31. The van der Waals surface area contributed by atoms with Crippen LogP contribution in [0.2, 0.25) is 0 Å². The number of hydrogen-bond acceptors (Lipinski definition) is 2. The van der Waals surface area contributed by atoms with Crippen LogP contribution in [0, 0.1) is 12.8 Å². The molecule has 19 heavy (non-hydrogen) atoms. The van der Waals surface area contributed by atoms with Crippen molar-refractivity contribution in [2.24, 2.45) is 5.92 Å². The molecule has 1 fully saturated rings. The molecule has 1 atom stereocenters. The second-order valence-corrected chi connectivity index (χ2v) is 5.70. The van der Waals surface area contributed by atoms with E-state index in [-0.39, 0.29) is 0 Å². The van der Waals surface area contributed by atoms with Gasteiger partial charge in [0.2, 0.25) is 0 Å². The average Bonchev–Trinajstić information content (AvgIpc) is 2.76. The Hall–Kier alpha value is -1.32. The van der Waals surface area contributed by atoms with Crippen molar-refractivity contribution in [1.82, 2.24) is 9.88 Å². The normalized spacial score (nSPS) is 21.1. The summed E-state index contributed by atoms with van der Waals surface area (Å²) < 4.78 is 0. The molecule has 1 aromatic heterocycles. The standard InChI is InChI=1S/C16H22N2O/c1-12-14-6-2-3-7-15(14)17-16(12)10-18-8-4-5-13(9-18)11-19/h2-3,6-7,13,17,19H,4-5,8-11H2,1H3. The molecule has 1 saturated heterocycles. The van der Waals surface area contributed by atoms with E-state index in [1.165, 1.54) is 35.0 Å². The number of nitrogens with one attached hydrogen (secondary N) is 1. The Labute approximate surface area is 114 Å². The van der Waals surface area contributed by atoms with E-state index >= 15 is 0 Å². The molecule has 0 radical (unpaired) electrons. The molecule has 3 heteroatoms. The van der Waals surface area contributed by atoms with E-state index in [0.717, 1.165) is 19.6 Å². The van der Waals surface area contributed by atoms with Crippen LogP contribution in [0.15, 0.2) is 24.3 Å². The zero-order valence-electron chi connectivity index (χ0n) is 11.5. The van der Waals surface area contributed by atoms with Gasteiger partial charge in [-0.1, -0.05) is 18.2 Å². The van der Waals surface area contributed by atoms with Gasteiger partial charge < -0.3 is 10.1 Å². The van der Waals surface area contributed by atoms with Gasteiger partial charge in [0.25, 0.3) is 0 Å². The van der Waals surface area contributed by atoms with Crippen LogP contribution in [0.25, 0.3) is 10.9 Å². The minimum Gasteiger partial charge on any atom is -0.396 e. The monoisotopic (exact) mass is 258 g/mol. The summed E-state index contributed by atoms with van der Waals surface area (Å²) in [5.41, 5.74) is 3.91. The molecule has 1 aromatic carbocycles. The molecule has 0 aliphatic carbocycles. The fraction of sp³-hybridized carbons (Fsp3) is 0.500. The van der Waals surface area contributed by atoms with Gasteiger partial charge in [0.05, 0.1) is 0 Å². The quantitative estimate of drug-likeness (QED) is 0.888. The third-order valence-electron chi connectivity index (χ3n) is 4.31. The molecule has 1 unspecified atom stereocenters. The topological polar surface area (TPSA) is 39.3 Å². The van der Waals surface area contributed by atoms with Crippen LogP contribution < -0.4 is 0 Å². The summed E-state index contributed by atoms with van der Waals surface area (Å²) in [6.07, 6.45) is 2.36. The maximum absolute atomic E-state index is 9.31. The lowest BCUT2D eigenvalue weighted by atomic mass is 9.99. The van der Waals surface area contributed by atoms with E-state index in [0.29, 0.717) is 12.5 Å². The van der Waals surface area contributed by atoms with Gasteiger partial charge in [-0.25, -0.2) is 0 Å². The zero-order valence-corrected chi connectivity index (χ0v) is 11.5. The van der Waals surface area contributed by atoms with Crippen molar-refractivity contribution >= 4 is 10.9 Å². The summed E-state index contributed by atoms with van der Waals surface area (Å²) >= 11 is 0. The van der Waals surface area contributed by atoms with E-state index < -0.39 is 0 Å². The number of aliphatic hydroxyl groups is 1. The highest BCUT2D eigenvalue weighted by molar-refractivity contribution is 5.84. The molecule has 2 aromatic rings. The van der Waals surface area contributed by atoms with Crippen molar-refractivity contribution in [3.8, 4) is 0 Å². The van der Waals surface area contributed by atoms with Crippen LogP contribution >= 0.6 is 0 Å². The van der Waals surface area contributed by atoms with Crippen molar-refractivity contribution in [3.05, 3.63) is 35.5 Å². The number of rotatable bonds is 3. The molecule has 1 aliphatic rings. The first kappa shape index (κ1) is 12.7. The summed E-state index contributed by atoms with van der Waals surface area (Å²) in [7, 11) is 0. The fourth-order valence-electron chi connectivity index (χ4n) is 3.16. The number of aliphatic hydroxyl groups excluding tert-OH is 1. The van der Waals surface area contributed by atoms with Crippen molar-refractivity contribution in [1.29, 1.82) is 0 Å². The number of aryl methyl sites for hydroxylation is 1. The largest absolute Gasteiger partial charge is 0.396 e. The van der Waals surface area contributed by atoms with E-state index in [1.54, 1.807) is 0 Å². The van der Waals surface area contributed by atoms with Gasteiger partial charge in [-0.3, -0.25) is 4.90 Å². The highest BCUT2D eigenvalue weighted by Gasteiger charge is 2.20. The molecule has 1 aliphatic heterocycles. The van der Waals surface area contributed by atoms with E-state index in [9.17, 15) is 5.11 Å². The van der Waals surface area contributed by atoms with Gasteiger partial charge in [0.1, 0.15) is 0 Å². The Bertz CT molecular complexity index is 561. The van der Waals surface area contributed by atoms with Gasteiger partial charge in [-0.2, -0.15) is 0 Å². The Morgan fingerprint density at radius 1 is 1.37 bits per heavy atom. The SMILES string of the molecule is Cc1c(CN2CCCC(CO)C2)[nH]c2ccccc12. The summed E-state index contributed by atoms with van der Waals surface area (Å²) in [4.78, 5) is 6.00. The van der Waals surface area contributed by atoms with Crippen LogP contribution in [0.5, 0.6) is 0 Å². The Kier molecular flexibility index (Phi) is 3.58. The van der Waals surface area contributed by atoms with Crippen LogP contribution in [0.1, 0.15) is 24.1 Å². The van der Waals surface area contributed by atoms with Gasteiger partial charge in [-0.05, 0) is 43.9 Å². The lowest BCUT2D eigenvalue weighted by Crippen LogP contribution is -2.36. The predicted octanol–water partition coefficient (Wildman–Crippen LogP) is 2.68. The van der Waals surface area contributed by atoms with Gasteiger partial charge in [0, 0.05) is 36.3 Å². The molecule has 0 spiro atoms. The number of hydrogen-bond donors (Lipinski definition) is 2. The summed E-state index contributed by atoms with van der Waals surface area (Å²) in [5, 5.41) is 10.6. The molecular weight excluding hydrogens is 236 g/mol. The first-order valence-corrected chi connectivity index (χ1v) is 7.17. The maximum Gasteiger partial charge on any atom is 0.0471 e. The number of aromatic amines is 1. The van der Waals surface area contributed by atoms with Crippen molar-refractivity contribution < 1.29 is 5.11 Å². The molecule has 2 heterocycles. The number of aromatic nitrogens is 1. The van der Waals surface area contributed by atoms with E-state index in [2.05, 4.69) is 41.1 Å². The molecule has 0 bridgehead atoms. The van der Waals surface area contributed by atoms with Crippen molar-refractivity contribution in [3.63, 3.8) is 0 Å². The first-order chi connectivity index (χ1) is 9.28. The van der Waals surface area contributed by atoms with Gasteiger partial charge >= 0.3 is 0 Å². The third kappa shape index (κ3) is 2.53. The Balaban J connectivity index is 1.79. The molecular formula is C16H22N2O. The Morgan fingerprint density at radius 2 is 2.21 bits per heavy atom. The number of likely N-dealkylation sites (tertiary alicyclic amines) is 1. The fourth-order valence-corrected chi connectivity index (χ4v) is 3.16. The van der Waals surface area contributed by atoms with E-state index in [4.69, 9.17) is 0 Å². The maximum atomic E-state index is 9.31. The number of fused-ring (bicyclic) bond motifs is 1. The number of nitrogens with zero attached hydrogens (tertiary/aromatic N) is 1. The number of para-hydroxylation sites is 1. The van der Waals surface area contributed by atoms with Crippen LogP contribution in [-0.4, -0.2) is 34.7 Å². The molecule has 3 nitrogen and oxygen atoms in total. The summed E-state index contributed by atoms with van der Waals surface area (Å²) in [6, 6.07) is 8.48. The minimum atomic E-state index is 0.322. The Morgan fingerprint density at radius 3 is 3.00 bits per heavy atom.